The van der Waals surface area contributed by atoms with Gasteiger partial charge in [0.1, 0.15) is 4.88 Å². The van der Waals surface area contributed by atoms with Crippen LogP contribution in [0.3, 0.4) is 0 Å². The summed E-state index contributed by atoms with van der Waals surface area (Å²) in [6.07, 6.45) is 13.9. The highest BCUT2D eigenvalue weighted by Gasteiger charge is 2.33. The van der Waals surface area contributed by atoms with Crippen molar-refractivity contribution < 1.29 is 19.4 Å². The molecule has 198 valence electrons. The van der Waals surface area contributed by atoms with E-state index in [1.165, 1.54) is 61.8 Å². The van der Waals surface area contributed by atoms with Gasteiger partial charge in [0.2, 0.25) is 6.41 Å². The fraction of sp³-hybridized carbons (Fsp3) is 0.793. The average molecular weight is 506 g/mol. The van der Waals surface area contributed by atoms with E-state index < -0.39 is 0 Å². The van der Waals surface area contributed by atoms with Crippen LogP contribution in [-0.4, -0.2) is 36.7 Å². The van der Waals surface area contributed by atoms with Gasteiger partial charge < -0.3 is 14.7 Å². The van der Waals surface area contributed by atoms with Crippen LogP contribution in [-0.2, 0) is 9.53 Å². The van der Waals surface area contributed by atoms with Crippen molar-refractivity contribution in [1.82, 2.24) is 0 Å². The van der Waals surface area contributed by atoms with Gasteiger partial charge in [0, 0.05) is 10.9 Å². The Balaban J connectivity index is 0.000000363. The van der Waals surface area contributed by atoms with Gasteiger partial charge in [-0.05, 0) is 80.6 Å². The number of anilines is 1. The first kappa shape index (κ1) is 28.2. The summed E-state index contributed by atoms with van der Waals surface area (Å²) in [6, 6.07) is 2.07. The van der Waals surface area contributed by atoms with E-state index >= 15 is 0 Å². The SMILES string of the molecule is CC1CCC(C)CC1.COC(=O)c1sc(C2CCC(C)(C)CC2)cc1N(C=O)C1CCC(O)CC1. The normalized spacial score (nSPS) is 29.0. The molecule has 3 aliphatic rings. The van der Waals surface area contributed by atoms with Gasteiger partial charge in [0.25, 0.3) is 0 Å². The zero-order valence-electron chi connectivity index (χ0n) is 22.6. The number of carbonyl (C=O) groups excluding carboxylic acids is 2. The van der Waals surface area contributed by atoms with E-state index in [9.17, 15) is 14.7 Å². The van der Waals surface area contributed by atoms with Crippen LogP contribution in [0.15, 0.2) is 6.07 Å². The zero-order chi connectivity index (χ0) is 25.6. The number of hydrogen-bond acceptors (Lipinski definition) is 5. The molecule has 0 aliphatic heterocycles. The number of methoxy groups -OCH3 is 1. The topological polar surface area (TPSA) is 66.8 Å². The van der Waals surface area contributed by atoms with Crippen molar-refractivity contribution in [2.75, 3.05) is 12.0 Å². The van der Waals surface area contributed by atoms with E-state index in [0.717, 1.165) is 43.9 Å². The van der Waals surface area contributed by atoms with Crippen molar-refractivity contribution in [2.45, 2.75) is 123 Å². The lowest BCUT2D eigenvalue weighted by atomic mass is 9.73. The van der Waals surface area contributed by atoms with Gasteiger partial charge in [-0.3, -0.25) is 4.79 Å². The molecular formula is C29H47NO4S. The standard InChI is InChI=1S/C21H31NO4S.C8H16/c1-21(2)10-8-14(9-11-21)18-12-17(19(27-18)20(25)26-3)22(13-23)15-4-6-16(24)7-5-15;1-7-3-5-8(2)6-4-7/h12-16,24H,4-11H2,1-3H3;7-8H,3-6H2,1-2H3. The quantitative estimate of drug-likeness (QED) is 0.336. The highest BCUT2D eigenvalue weighted by molar-refractivity contribution is 7.14. The van der Waals surface area contributed by atoms with Crippen LogP contribution < -0.4 is 4.90 Å². The number of thiophene rings is 1. The second-order valence-corrected chi connectivity index (χ2v) is 13.2. The number of amides is 1. The minimum Gasteiger partial charge on any atom is -0.465 e. The maximum Gasteiger partial charge on any atom is 0.350 e. The summed E-state index contributed by atoms with van der Waals surface area (Å²) < 4.78 is 5.00. The molecule has 1 aromatic heterocycles. The summed E-state index contributed by atoms with van der Waals surface area (Å²) in [6.45, 7) is 9.36. The van der Waals surface area contributed by atoms with Gasteiger partial charge in [-0.25, -0.2) is 4.79 Å². The Morgan fingerprint density at radius 1 is 1.00 bits per heavy atom. The molecule has 3 fully saturated rings. The highest BCUT2D eigenvalue weighted by Crippen LogP contribution is 2.46. The highest BCUT2D eigenvalue weighted by atomic mass is 32.1. The Morgan fingerprint density at radius 3 is 2.03 bits per heavy atom. The molecule has 0 saturated heterocycles. The van der Waals surface area contributed by atoms with Gasteiger partial charge in [0.05, 0.1) is 18.9 Å². The summed E-state index contributed by atoms with van der Waals surface area (Å²) in [5.41, 5.74) is 1.07. The second kappa shape index (κ2) is 12.7. The molecule has 1 amide bonds. The molecule has 5 nitrogen and oxygen atoms in total. The predicted octanol–water partition coefficient (Wildman–Crippen LogP) is 7.32. The van der Waals surface area contributed by atoms with E-state index in [1.54, 1.807) is 4.90 Å². The molecular weight excluding hydrogens is 458 g/mol. The Bertz CT molecular complexity index is 799. The van der Waals surface area contributed by atoms with Gasteiger partial charge in [-0.1, -0.05) is 53.4 Å². The molecule has 0 spiro atoms. The van der Waals surface area contributed by atoms with Crippen molar-refractivity contribution in [3.63, 3.8) is 0 Å². The van der Waals surface area contributed by atoms with Gasteiger partial charge in [-0.15, -0.1) is 11.3 Å². The Kier molecular flexibility index (Phi) is 10.2. The summed E-state index contributed by atoms with van der Waals surface area (Å²) in [4.78, 5) is 27.7. The van der Waals surface area contributed by atoms with Crippen LogP contribution in [0, 0.1) is 17.3 Å². The van der Waals surface area contributed by atoms with Gasteiger partial charge in [0.15, 0.2) is 0 Å². The maximum absolute atomic E-state index is 12.4. The molecule has 3 saturated carbocycles. The number of hydrogen-bond donors (Lipinski definition) is 1. The molecule has 0 bridgehead atoms. The molecule has 35 heavy (non-hydrogen) atoms. The minimum absolute atomic E-state index is 0.0297. The van der Waals surface area contributed by atoms with E-state index in [1.807, 2.05) is 6.07 Å². The minimum atomic E-state index is -0.375. The summed E-state index contributed by atoms with van der Waals surface area (Å²) in [5, 5.41) is 9.77. The summed E-state index contributed by atoms with van der Waals surface area (Å²) in [7, 11) is 1.39. The lowest BCUT2D eigenvalue weighted by Crippen LogP contribution is -2.38. The fourth-order valence-corrected chi connectivity index (χ4v) is 7.06. The molecule has 4 rings (SSSR count). The first-order valence-corrected chi connectivity index (χ1v) is 14.6. The number of nitrogens with zero attached hydrogens (tertiary/aromatic N) is 1. The van der Waals surface area contributed by atoms with E-state index in [0.29, 0.717) is 34.7 Å². The number of ether oxygens (including phenoxy) is 1. The van der Waals surface area contributed by atoms with E-state index in [4.69, 9.17) is 4.74 Å². The molecule has 0 aromatic carbocycles. The predicted molar refractivity (Wildman–Crippen MR) is 144 cm³/mol. The fourth-order valence-electron chi connectivity index (χ4n) is 5.82. The first-order chi connectivity index (χ1) is 16.6. The van der Waals surface area contributed by atoms with Crippen molar-refractivity contribution >= 4 is 29.4 Å². The van der Waals surface area contributed by atoms with Crippen molar-refractivity contribution in [2.24, 2.45) is 17.3 Å². The van der Waals surface area contributed by atoms with Gasteiger partial charge in [-0.2, -0.15) is 0 Å². The number of rotatable bonds is 5. The average Bonchev–Trinajstić information content (AvgIpc) is 3.27. The number of esters is 1. The van der Waals surface area contributed by atoms with Gasteiger partial charge >= 0.3 is 5.97 Å². The lowest BCUT2D eigenvalue weighted by molar-refractivity contribution is -0.108. The van der Waals surface area contributed by atoms with Crippen molar-refractivity contribution in [3.05, 3.63) is 15.8 Å². The summed E-state index contributed by atoms with van der Waals surface area (Å²) >= 11 is 1.48. The second-order valence-electron chi connectivity index (χ2n) is 12.1. The Hall–Kier alpha value is -1.40. The van der Waals surface area contributed by atoms with Crippen LogP contribution in [0.1, 0.15) is 125 Å². The molecule has 1 heterocycles. The first-order valence-electron chi connectivity index (χ1n) is 13.8. The molecule has 0 unspecified atom stereocenters. The molecule has 3 aliphatic carbocycles. The molecule has 1 aromatic rings. The Morgan fingerprint density at radius 2 is 1.54 bits per heavy atom. The molecule has 6 heteroatoms. The summed E-state index contributed by atoms with van der Waals surface area (Å²) in [5.74, 6) is 2.11. The third kappa shape index (κ3) is 7.79. The number of aliphatic hydroxyl groups is 1. The molecule has 1 N–H and O–H groups in total. The van der Waals surface area contributed by atoms with Crippen molar-refractivity contribution in [1.29, 1.82) is 0 Å². The van der Waals surface area contributed by atoms with Crippen LogP contribution >= 0.6 is 11.3 Å². The van der Waals surface area contributed by atoms with E-state index in [2.05, 4.69) is 27.7 Å². The lowest BCUT2D eigenvalue weighted by Gasteiger charge is -2.34. The third-order valence-corrected chi connectivity index (χ3v) is 9.87. The van der Waals surface area contributed by atoms with E-state index in [-0.39, 0.29) is 18.1 Å². The largest absolute Gasteiger partial charge is 0.465 e. The zero-order valence-corrected chi connectivity index (χ0v) is 23.4. The molecule has 0 radical (unpaired) electrons. The maximum atomic E-state index is 12.4. The Labute approximate surface area is 216 Å². The third-order valence-electron chi connectivity index (χ3n) is 8.60. The van der Waals surface area contributed by atoms with Crippen LogP contribution in [0.25, 0.3) is 0 Å². The smallest absolute Gasteiger partial charge is 0.350 e. The molecule has 0 atom stereocenters. The van der Waals surface area contributed by atoms with Crippen LogP contribution in [0.2, 0.25) is 0 Å². The van der Waals surface area contributed by atoms with Crippen molar-refractivity contribution in [3.8, 4) is 0 Å². The number of carbonyl (C=O) groups is 2. The van der Waals surface area contributed by atoms with Crippen LogP contribution in [0.4, 0.5) is 5.69 Å². The van der Waals surface area contributed by atoms with Crippen LogP contribution in [0.5, 0.6) is 0 Å². The monoisotopic (exact) mass is 505 g/mol. The number of aliphatic hydroxyl groups excluding tert-OH is 1.